The van der Waals surface area contributed by atoms with E-state index in [2.05, 4.69) is 21.3 Å². The second kappa shape index (κ2) is 15.2. The van der Waals surface area contributed by atoms with Gasteiger partial charge in [0.1, 0.15) is 29.9 Å². The van der Waals surface area contributed by atoms with Crippen molar-refractivity contribution in [3.05, 3.63) is 95.6 Å². The number of hydrogen-bond donors (Lipinski definition) is 5. The highest BCUT2D eigenvalue weighted by atomic mass is 16.3. The average Bonchev–Trinajstić information content (AvgIpc) is 3.03. The van der Waals surface area contributed by atoms with Crippen LogP contribution >= 0.6 is 0 Å². The van der Waals surface area contributed by atoms with Crippen LogP contribution in [0.1, 0.15) is 48.7 Å². The summed E-state index contributed by atoms with van der Waals surface area (Å²) < 4.78 is 0. The van der Waals surface area contributed by atoms with Crippen molar-refractivity contribution >= 4 is 35.2 Å². The molecule has 0 saturated carbocycles. The number of hydrogen-bond acceptors (Lipinski definition) is 6. The molecule has 46 heavy (non-hydrogen) atoms. The summed E-state index contributed by atoms with van der Waals surface area (Å²) >= 11 is 0. The predicted molar refractivity (Wildman–Crippen MR) is 174 cm³/mol. The monoisotopic (exact) mass is 627 g/mol. The molecule has 4 rings (SSSR count). The summed E-state index contributed by atoms with van der Waals surface area (Å²) in [6, 6.07) is 17.7. The maximum absolute atomic E-state index is 14.1. The second-order valence-corrected chi connectivity index (χ2v) is 12.0. The molecule has 0 saturated heterocycles. The van der Waals surface area contributed by atoms with E-state index < -0.39 is 53.7 Å². The largest absolute Gasteiger partial charge is 0.508 e. The fraction of sp³-hybridized carbons (Fsp3) is 0.343. The number of carbonyl (C=O) groups excluding carboxylic acids is 5. The van der Waals surface area contributed by atoms with Crippen molar-refractivity contribution in [3.8, 4) is 5.75 Å². The first-order valence-corrected chi connectivity index (χ1v) is 15.3. The third-order valence-electron chi connectivity index (χ3n) is 7.89. The average molecular weight is 628 g/mol. The molecule has 0 spiro atoms. The number of anilines is 1. The lowest BCUT2D eigenvalue weighted by atomic mass is 9.98. The Labute approximate surface area is 268 Å². The molecular formula is C35H41N5O6. The van der Waals surface area contributed by atoms with Gasteiger partial charge in [-0.15, -0.1) is 0 Å². The SMILES string of the molecule is CC(C)C[C@@H]1NC(=O)[C@H](Cc2ccccc2)NC(=O)[C@H](C)NC(=O)c2ccccc2NC(=O)[C@H](Cc2ccc(O)cc2)N(C)C1=O. The smallest absolute Gasteiger partial charge is 0.254 e. The zero-order valence-electron chi connectivity index (χ0n) is 26.4. The van der Waals surface area contributed by atoms with Crippen LogP contribution < -0.4 is 21.3 Å². The summed E-state index contributed by atoms with van der Waals surface area (Å²) in [6.45, 7) is 5.34. The summed E-state index contributed by atoms with van der Waals surface area (Å²) in [5, 5.41) is 20.9. The van der Waals surface area contributed by atoms with Crippen LogP contribution in [0, 0.1) is 5.92 Å². The lowest BCUT2D eigenvalue weighted by molar-refractivity contribution is -0.141. The molecule has 11 heteroatoms. The molecule has 0 unspecified atom stereocenters. The molecule has 0 fully saturated rings. The van der Waals surface area contributed by atoms with E-state index in [0.717, 1.165) is 5.56 Å². The van der Waals surface area contributed by atoms with E-state index >= 15 is 0 Å². The quantitative estimate of drug-likeness (QED) is 0.283. The van der Waals surface area contributed by atoms with Crippen molar-refractivity contribution in [1.29, 1.82) is 0 Å². The Morgan fingerprint density at radius 3 is 2.00 bits per heavy atom. The minimum atomic E-state index is -1.06. The van der Waals surface area contributed by atoms with Gasteiger partial charge >= 0.3 is 0 Å². The van der Waals surface area contributed by atoms with Gasteiger partial charge in [-0.2, -0.15) is 0 Å². The predicted octanol–water partition coefficient (Wildman–Crippen LogP) is 2.79. The standard InChI is InChI=1S/C35H41N5O6/c1-21(2)18-29-35(46)40(4)30(20-24-14-16-25(41)17-15-24)34(45)37-27-13-9-8-12-26(27)32(43)36-22(3)31(42)38-28(33(44)39-29)19-23-10-6-5-7-11-23/h5-17,21-22,28-30,41H,18-20H2,1-4H3,(H,36,43)(H,37,45)(H,38,42)(H,39,44)/t22-,28-,29-,30-/m0/s1. The number of phenolic OH excluding ortho intramolecular Hbond substituents is 1. The number of fused-ring (bicyclic) bond motifs is 1. The number of rotatable bonds is 6. The molecule has 3 aromatic rings. The zero-order chi connectivity index (χ0) is 33.4. The number of amides is 5. The van der Waals surface area contributed by atoms with E-state index in [-0.39, 0.29) is 42.2 Å². The Balaban J connectivity index is 1.78. The summed E-state index contributed by atoms with van der Waals surface area (Å²) in [5.74, 6) is -2.75. The summed E-state index contributed by atoms with van der Waals surface area (Å²) in [7, 11) is 1.50. The van der Waals surface area contributed by atoms with Crippen molar-refractivity contribution in [2.45, 2.75) is 64.2 Å². The lowest BCUT2D eigenvalue weighted by Crippen LogP contribution is -2.59. The molecule has 11 nitrogen and oxygen atoms in total. The van der Waals surface area contributed by atoms with Gasteiger partial charge in [-0.05, 0) is 54.7 Å². The summed E-state index contributed by atoms with van der Waals surface area (Å²) in [5.41, 5.74) is 1.80. The molecule has 242 valence electrons. The van der Waals surface area contributed by atoms with Gasteiger partial charge in [0, 0.05) is 19.9 Å². The van der Waals surface area contributed by atoms with Gasteiger partial charge in [0.2, 0.25) is 23.6 Å². The maximum Gasteiger partial charge on any atom is 0.254 e. The number of nitrogens with zero attached hydrogens (tertiary/aromatic N) is 1. The highest BCUT2D eigenvalue weighted by molar-refractivity contribution is 6.07. The molecule has 1 heterocycles. The van der Waals surface area contributed by atoms with Gasteiger partial charge in [-0.25, -0.2) is 0 Å². The molecule has 5 amide bonds. The Bertz CT molecular complexity index is 1560. The number of nitrogens with one attached hydrogen (secondary N) is 4. The van der Waals surface area contributed by atoms with Gasteiger partial charge in [0.25, 0.3) is 5.91 Å². The fourth-order valence-corrected chi connectivity index (χ4v) is 5.33. The van der Waals surface area contributed by atoms with Crippen LogP contribution in [0.15, 0.2) is 78.9 Å². The van der Waals surface area contributed by atoms with E-state index in [1.54, 1.807) is 30.3 Å². The Morgan fingerprint density at radius 2 is 1.33 bits per heavy atom. The lowest BCUT2D eigenvalue weighted by Gasteiger charge is -2.33. The Hall–Kier alpha value is -5.19. The van der Waals surface area contributed by atoms with Crippen molar-refractivity contribution < 1.29 is 29.1 Å². The number of carbonyl (C=O) groups is 5. The number of para-hydroxylation sites is 1. The molecule has 3 aromatic carbocycles. The van der Waals surface area contributed by atoms with Crippen LogP contribution in [0.25, 0.3) is 0 Å². The number of benzene rings is 3. The minimum Gasteiger partial charge on any atom is -0.508 e. The molecule has 1 aliphatic rings. The normalized spacial score (nSPS) is 21.6. The molecule has 0 radical (unpaired) electrons. The first-order valence-electron chi connectivity index (χ1n) is 15.3. The molecular weight excluding hydrogens is 586 g/mol. The van der Waals surface area contributed by atoms with Crippen LogP contribution in [0.5, 0.6) is 5.75 Å². The zero-order valence-corrected chi connectivity index (χ0v) is 26.4. The first kappa shape index (κ1) is 33.7. The van der Waals surface area contributed by atoms with Crippen LogP contribution in [-0.4, -0.2) is 70.8 Å². The Morgan fingerprint density at radius 1 is 0.717 bits per heavy atom. The fourth-order valence-electron chi connectivity index (χ4n) is 5.33. The summed E-state index contributed by atoms with van der Waals surface area (Å²) in [4.78, 5) is 69.9. The van der Waals surface area contributed by atoms with Crippen LogP contribution in [0.4, 0.5) is 5.69 Å². The molecule has 0 aromatic heterocycles. The third kappa shape index (κ3) is 8.71. The third-order valence-corrected chi connectivity index (χ3v) is 7.89. The van der Waals surface area contributed by atoms with E-state index in [4.69, 9.17) is 0 Å². The highest BCUT2D eigenvalue weighted by Gasteiger charge is 2.35. The van der Waals surface area contributed by atoms with Crippen molar-refractivity contribution in [1.82, 2.24) is 20.9 Å². The molecule has 0 aliphatic carbocycles. The topological polar surface area (TPSA) is 157 Å². The number of likely N-dealkylation sites (N-methyl/N-ethyl adjacent to an activating group) is 1. The van der Waals surface area contributed by atoms with Crippen LogP contribution in [0.2, 0.25) is 0 Å². The van der Waals surface area contributed by atoms with Crippen LogP contribution in [0.3, 0.4) is 0 Å². The molecule has 0 bridgehead atoms. The first-order chi connectivity index (χ1) is 21.9. The maximum atomic E-state index is 14.1. The van der Waals surface area contributed by atoms with Crippen LogP contribution in [-0.2, 0) is 32.0 Å². The molecule has 5 N–H and O–H groups in total. The van der Waals surface area contributed by atoms with E-state index in [9.17, 15) is 29.1 Å². The Kier molecular flexibility index (Phi) is 11.1. The van der Waals surface area contributed by atoms with Crippen molar-refractivity contribution in [2.24, 2.45) is 5.92 Å². The van der Waals surface area contributed by atoms with Crippen molar-refractivity contribution in [3.63, 3.8) is 0 Å². The molecule has 4 atom stereocenters. The van der Waals surface area contributed by atoms with E-state index in [1.165, 1.54) is 37.1 Å². The minimum absolute atomic E-state index is 0.00176. The van der Waals surface area contributed by atoms with Gasteiger partial charge in [-0.3, -0.25) is 24.0 Å². The van der Waals surface area contributed by atoms with E-state index in [0.29, 0.717) is 5.56 Å². The van der Waals surface area contributed by atoms with Crippen molar-refractivity contribution in [2.75, 3.05) is 12.4 Å². The van der Waals surface area contributed by atoms with Gasteiger partial charge in [-0.1, -0.05) is 68.4 Å². The van der Waals surface area contributed by atoms with Gasteiger partial charge in [0.05, 0.1) is 11.3 Å². The number of aromatic hydroxyl groups is 1. The molecule has 1 aliphatic heterocycles. The van der Waals surface area contributed by atoms with Gasteiger partial charge < -0.3 is 31.3 Å². The summed E-state index contributed by atoms with van der Waals surface area (Å²) in [6.07, 6.45) is 0.519. The highest BCUT2D eigenvalue weighted by Crippen LogP contribution is 2.20. The van der Waals surface area contributed by atoms with Gasteiger partial charge in [0.15, 0.2) is 0 Å². The van der Waals surface area contributed by atoms with E-state index in [1.807, 2.05) is 44.2 Å². The number of phenols is 1. The second-order valence-electron chi connectivity index (χ2n) is 12.0.